The molecule has 0 aliphatic heterocycles. The van der Waals surface area contributed by atoms with Crippen LogP contribution in [-0.4, -0.2) is 58.5 Å². The topological polar surface area (TPSA) is 142 Å². The van der Waals surface area contributed by atoms with Crippen LogP contribution in [0.1, 0.15) is 20.3 Å². The molecule has 0 fully saturated rings. The summed E-state index contributed by atoms with van der Waals surface area (Å²) in [6, 6.07) is -3.26. The number of carboxylic acid groups (broad SMARTS) is 1. The molecule has 0 aliphatic rings. The lowest BCUT2D eigenvalue weighted by atomic mass is 9.99. The zero-order valence-corrected chi connectivity index (χ0v) is 13.0. The van der Waals surface area contributed by atoms with Gasteiger partial charge >= 0.3 is 5.97 Å². The van der Waals surface area contributed by atoms with Crippen molar-refractivity contribution in [3.63, 3.8) is 0 Å². The number of aliphatic carboxylic acids is 1. The van der Waals surface area contributed by atoms with E-state index in [1.807, 2.05) is 6.92 Å². The number of hydrogen-bond donors (Lipinski definition) is 6. The molecule has 0 saturated carbocycles. The zero-order chi connectivity index (χ0) is 16.6. The van der Waals surface area contributed by atoms with Crippen LogP contribution in [0, 0.1) is 5.92 Å². The molecule has 2 amide bonds. The fraction of sp³-hybridized carbons (Fsp3) is 0.750. The van der Waals surface area contributed by atoms with Gasteiger partial charge in [0.1, 0.15) is 12.1 Å². The van der Waals surface area contributed by atoms with Crippen LogP contribution in [0.25, 0.3) is 0 Å². The van der Waals surface area contributed by atoms with Gasteiger partial charge in [0.2, 0.25) is 11.8 Å². The van der Waals surface area contributed by atoms with Gasteiger partial charge in [-0.1, -0.05) is 20.3 Å². The third-order valence-corrected chi connectivity index (χ3v) is 3.54. The Balaban J connectivity index is 4.67. The third kappa shape index (κ3) is 6.32. The molecule has 0 saturated heterocycles. The summed E-state index contributed by atoms with van der Waals surface area (Å²) in [5.41, 5.74) is 5.72. The van der Waals surface area contributed by atoms with Gasteiger partial charge in [-0.2, -0.15) is 12.6 Å². The number of aliphatic hydroxyl groups excluding tert-OH is 1. The molecule has 0 aromatic carbocycles. The molecule has 0 aliphatic carbocycles. The molecule has 0 aromatic heterocycles. The lowest BCUT2D eigenvalue weighted by Gasteiger charge is -2.22. The second-order valence-electron chi connectivity index (χ2n) is 4.74. The summed E-state index contributed by atoms with van der Waals surface area (Å²) < 4.78 is 0. The minimum Gasteiger partial charge on any atom is -0.480 e. The molecule has 21 heavy (non-hydrogen) atoms. The number of nitrogens with two attached hydrogens (primary N) is 1. The average molecular weight is 321 g/mol. The summed E-state index contributed by atoms with van der Waals surface area (Å²) in [5.74, 6) is -2.83. The van der Waals surface area contributed by atoms with Gasteiger partial charge in [-0.15, -0.1) is 0 Å². The second-order valence-corrected chi connectivity index (χ2v) is 5.10. The van der Waals surface area contributed by atoms with Gasteiger partial charge in [-0.05, 0) is 5.92 Å². The van der Waals surface area contributed by atoms with E-state index in [0.29, 0.717) is 6.42 Å². The van der Waals surface area contributed by atoms with E-state index in [9.17, 15) is 14.4 Å². The van der Waals surface area contributed by atoms with Gasteiger partial charge in [0.05, 0.1) is 12.6 Å². The van der Waals surface area contributed by atoms with Crippen LogP contribution in [0.4, 0.5) is 0 Å². The van der Waals surface area contributed by atoms with Crippen LogP contribution in [0.15, 0.2) is 0 Å². The molecule has 9 heteroatoms. The van der Waals surface area contributed by atoms with Crippen molar-refractivity contribution >= 4 is 30.4 Å². The maximum Gasteiger partial charge on any atom is 0.327 e. The first kappa shape index (κ1) is 19.7. The van der Waals surface area contributed by atoms with Crippen molar-refractivity contribution in [3.05, 3.63) is 0 Å². The first-order chi connectivity index (χ1) is 9.78. The zero-order valence-electron chi connectivity index (χ0n) is 12.1. The SMILES string of the molecule is CCC(C)C(N)C(=O)NC(CO)C(=O)NC(CS)C(=O)O. The van der Waals surface area contributed by atoms with Gasteiger partial charge in [0.15, 0.2) is 0 Å². The number of rotatable bonds is 9. The number of carboxylic acids is 1. The number of carbonyl (C=O) groups is 3. The molecule has 0 spiro atoms. The van der Waals surface area contributed by atoms with Gasteiger partial charge in [0, 0.05) is 5.75 Å². The highest BCUT2D eigenvalue weighted by molar-refractivity contribution is 7.80. The monoisotopic (exact) mass is 321 g/mol. The standard InChI is InChI=1S/C12H23N3O5S/c1-3-6(2)9(13)11(18)14-7(4-16)10(17)15-8(5-21)12(19)20/h6-9,16,21H,3-5,13H2,1-2H3,(H,14,18)(H,15,17)(H,19,20). The van der Waals surface area contributed by atoms with Crippen molar-refractivity contribution in [2.75, 3.05) is 12.4 Å². The maximum atomic E-state index is 11.8. The molecule has 8 nitrogen and oxygen atoms in total. The number of nitrogens with one attached hydrogen (secondary N) is 2. The Morgan fingerprint density at radius 3 is 2.10 bits per heavy atom. The Hall–Kier alpha value is -1.32. The predicted molar refractivity (Wildman–Crippen MR) is 79.9 cm³/mol. The van der Waals surface area contributed by atoms with Gasteiger partial charge in [0.25, 0.3) is 0 Å². The molecule has 4 unspecified atom stereocenters. The first-order valence-electron chi connectivity index (χ1n) is 6.59. The molecule has 122 valence electrons. The summed E-state index contributed by atoms with van der Waals surface area (Å²) in [5, 5.41) is 22.5. The van der Waals surface area contributed by atoms with E-state index in [-0.39, 0.29) is 11.7 Å². The molecule has 0 aromatic rings. The van der Waals surface area contributed by atoms with E-state index in [0.717, 1.165) is 0 Å². The van der Waals surface area contributed by atoms with Crippen molar-refractivity contribution < 1.29 is 24.6 Å². The quantitative estimate of drug-likeness (QED) is 0.281. The van der Waals surface area contributed by atoms with E-state index in [1.54, 1.807) is 6.92 Å². The van der Waals surface area contributed by atoms with Gasteiger partial charge in [-0.25, -0.2) is 4.79 Å². The van der Waals surface area contributed by atoms with E-state index in [4.69, 9.17) is 15.9 Å². The highest BCUT2D eigenvalue weighted by Crippen LogP contribution is 2.05. The lowest BCUT2D eigenvalue weighted by molar-refractivity contribution is -0.141. The molecule has 4 atom stereocenters. The van der Waals surface area contributed by atoms with Crippen LogP contribution in [0.3, 0.4) is 0 Å². The Bertz CT molecular complexity index is 380. The summed E-state index contributed by atoms with van der Waals surface area (Å²) in [6.45, 7) is 3.00. The number of amides is 2. The van der Waals surface area contributed by atoms with E-state index >= 15 is 0 Å². The van der Waals surface area contributed by atoms with Crippen LogP contribution in [0.2, 0.25) is 0 Å². The Labute approximate surface area is 128 Å². The largest absolute Gasteiger partial charge is 0.480 e. The van der Waals surface area contributed by atoms with Crippen molar-refractivity contribution in [3.8, 4) is 0 Å². The summed E-state index contributed by atoms with van der Waals surface area (Å²) in [6.07, 6.45) is 0.686. The third-order valence-electron chi connectivity index (χ3n) is 3.17. The predicted octanol–water partition coefficient (Wildman–Crippen LogP) is -1.66. The fourth-order valence-electron chi connectivity index (χ4n) is 1.43. The number of aliphatic hydroxyl groups is 1. The first-order valence-corrected chi connectivity index (χ1v) is 7.22. The van der Waals surface area contributed by atoms with E-state index in [2.05, 4.69) is 23.3 Å². The van der Waals surface area contributed by atoms with Crippen LogP contribution >= 0.6 is 12.6 Å². The Kier molecular flexibility index (Phi) is 8.98. The van der Waals surface area contributed by atoms with Crippen molar-refractivity contribution in [1.82, 2.24) is 10.6 Å². The van der Waals surface area contributed by atoms with Crippen LogP contribution < -0.4 is 16.4 Å². The smallest absolute Gasteiger partial charge is 0.327 e. The molecule has 0 radical (unpaired) electrons. The fourth-order valence-corrected chi connectivity index (χ4v) is 1.68. The average Bonchev–Trinajstić information content (AvgIpc) is 2.47. The van der Waals surface area contributed by atoms with Crippen LogP contribution in [0.5, 0.6) is 0 Å². The summed E-state index contributed by atoms with van der Waals surface area (Å²) in [7, 11) is 0. The molecule has 0 bridgehead atoms. The van der Waals surface area contributed by atoms with E-state index in [1.165, 1.54) is 0 Å². The molecule has 0 rings (SSSR count). The Morgan fingerprint density at radius 2 is 1.71 bits per heavy atom. The van der Waals surface area contributed by atoms with E-state index < -0.39 is 42.5 Å². The summed E-state index contributed by atoms with van der Waals surface area (Å²) >= 11 is 3.80. The van der Waals surface area contributed by atoms with Crippen molar-refractivity contribution in [2.45, 2.75) is 38.4 Å². The molecular weight excluding hydrogens is 298 g/mol. The van der Waals surface area contributed by atoms with Gasteiger partial charge < -0.3 is 26.6 Å². The minimum absolute atomic E-state index is 0.0865. The van der Waals surface area contributed by atoms with Gasteiger partial charge in [-0.3, -0.25) is 9.59 Å². The summed E-state index contributed by atoms with van der Waals surface area (Å²) in [4.78, 5) is 34.5. The number of carbonyl (C=O) groups excluding carboxylic acids is 2. The number of hydrogen-bond acceptors (Lipinski definition) is 6. The second kappa shape index (κ2) is 9.59. The van der Waals surface area contributed by atoms with Crippen molar-refractivity contribution in [1.29, 1.82) is 0 Å². The maximum absolute atomic E-state index is 11.8. The minimum atomic E-state index is -1.26. The van der Waals surface area contributed by atoms with Crippen LogP contribution in [-0.2, 0) is 14.4 Å². The molecule has 0 heterocycles. The Morgan fingerprint density at radius 1 is 1.19 bits per heavy atom. The molecular formula is C12H23N3O5S. The molecule has 6 N–H and O–H groups in total. The highest BCUT2D eigenvalue weighted by Gasteiger charge is 2.28. The van der Waals surface area contributed by atoms with Crippen molar-refractivity contribution in [2.24, 2.45) is 11.7 Å². The highest BCUT2D eigenvalue weighted by atomic mass is 32.1. The lowest BCUT2D eigenvalue weighted by Crippen LogP contribution is -2.57. The number of thiol groups is 1. The normalized spacial score (nSPS) is 16.4.